The summed E-state index contributed by atoms with van der Waals surface area (Å²) in [4.78, 5) is 8.22. The van der Waals surface area contributed by atoms with Gasteiger partial charge in [-0.2, -0.15) is 4.98 Å². The SMILES string of the molecule is CC(C)CCNc1nc(Cl)nc2c1S(=O)(=O)CC2. The molecule has 0 fully saturated rings. The minimum absolute atomic E-state index is 0.0935. The smallest absolute Gasteiger partial charge is 0.224 e. The van der Waals surface area contributed by atoms with Crippen molar-refractivity contribution >= 4 is 27.3 Å². The lowest BCUT2D eigenvalue weighted by molar-refractivity contribution is 0.598. The van der Waals surface area contributed by atoms with Gasteiger partial charge in [0, 0.05) is 13.0 Å². The first-order chi connectivity index (χ1) is 8.40. The molecule has 1 aromatic rings. The van der Waals surface area contributed by atoms with Crippen LogP contribution in [0.2, 0.25) is 5.28 Å². The lowest BCUT2D eigenvalue weighted by atomic mass is 10.1. The molecule has 7 heteroatoms. The van der Waals surface area contributed by atoms with Crippen molar-refractivity contribution in [3.63, 3.8) is 0 Å². The maximum absolute atomic E-state index is 11.9. The Balaban J connectivity index is 2.30. The van der Waals surface area contributed by atoms with E-state index in [1.54, 1.807) is 0 Å². The van der Waals surface area contributed by atoms with Crippen LogP contribution in [0.25, 0.3) is 0 Å². The third kappa shape index (κ3) is 2.75. The van der Waals surface area contributed by atoms with Gasteiger partial charge in [0.25, 0.3) is 0 Å². The van der Waals surface area contributed by atoms with E-state index in [1.807, 2.05) is 0 Å². The van der Waals surface area contributed by atoms with Crippen molar-refractivity contribution in [2.75, 3.05) is 17.6 Å². The van der Waals surface area contributed by atoms with Crippen molar-refractivity contribution in [1.29, 1.82) is 0 Å². The number of anilines is 1. The molecule has 0 atom stereocenters. The lowest BCUT2D eigenvalue weighted by Crippen LogP contribution is -2.11. The lowest BCUT2D eigenvalue weighted by Gasteiger charge is -2.11. The average Bonchev–Trinajstić information content (AvgIpc) is 2.53. The monoisotopic (exact) mass is 289 g/mol. The zero-order valence-corrected chi connectivity index (χ0v) is 12.0. The fraction of sp³-hybridized carbons (Fsp3) is 0.636. The predicted octanol–water partition coefficient (Wildman–Crippen LogP) is 1.92. The quantitative estimate of drug-likeness (QED) is 0.858. The summed E-state index contributed by atoms with van der Waals surface area (Å²) in [7, 11) is -3.25. The van der Waals surface area contributed by atoms with Crippen LogP contribution in [0.4, 0.5) is 5.82 Å². The van der Waals surface area contributed by atoms with Crippen LogP contribution in [0.1, 0.15) is 26.0 Å². The molecular formula is C11H16ClN3O2S. The third-order valence-corrected chi connectivity index (χ3v) is 4.80. The molecule has 0 bridgehead atoms. The van der Waals surface area contributed by atoms with Crippen LogP contribution in [0, 0.1) is 5.92 Å². The van der Waals surface area contributed by atoms with Crippen molar-refractivity contribution < 1.29 is 8.42 Å². The molecule has 0 saturated carbocycles. The third-order valence-electron chi connectivity index (χ3n) is 2.84. The number of aryl methyl sites for hydroxylation is 1. The molecule has 0 spiro atoms. The van der Waals surface area contributed by atoms with Gasteiger partial charge in [0.2, 0.25) is 5.28 Å². The summed E-state index contributed by atoms with van der Waals surface area (Å²) in [6.07, 6.45) is 1.36. The van der Waals surface area contributed by atoms with Gasteiger partial charge in [0.1, 0.15) is 10.7 Å². The van der Waals surface area contributed by atoms with Gasteiger partial charge < -0.3 is 5.32 Å². The van der Waals surface area contributed by atoms with Crippen molar-refractivity contribution in [2.45, 2.75) is 31.6 Å². The molecule has 1 aliphatic rings. The predicted molar refractivity (Wildman–Crippen MR) is 70.7 cm³/mol. The van der Waals surface area contributed by atoms with Crippen LogP contribution in [0.5, 0.6) is 0 Å². The van der Waals surface area contributed by atoms with Crippen LogP contribution >= 0.6 is 11.6 Å². The molecule has 2 heterocycles. The first-order valence-electron chi connectivity index (χ1n) is 5.93. The van der Waals surface area contributed by atoms with E-state index < -0.39 is 9.84 Å². The number of hydrogen-bond donors (Lipinski definition) is 1. The largest absolute Gasteiger partial charge is 0.369 e. The van der Waals surface area contributed by atoms with E-state index in [2.05, 4.69) is 29.1 Å². The van der Waals surface area contributed by atoms with Crippen LogP contribution in [-0.4, -0.2) is 30.7 Å². The Morgan fingerprint density at radius 3 is 2.78 bits per heavy atom. The zero-order valence-electron chi connectivity index (χ0n) is 10.4. The molecule has 0 radical (unpaired) electrons. The molecule has 0 unspecified atom stereocenters. The first kappa shape index (κ1) is 13.5. The maximum atomic E-state index is 11.9. The van der Waals surface area contributed by atoms with Gasteiger partial charge in [-0.25, -0.2) is 13.4 Å². The second-order valence-corrected chi connectivity index (χ2v) is 7.18. The number of sulfone groups is 1. The van der Waals surface area contributed by atoms with Crippen molar-refractivity contribution in [3.05, 3.63) is 11.0 Å². The Bertz CT molecular complexity index is 558. The number of hydrogen-bond acceptors (Lipinski definition) is 5. The van der Waals surface area contributed by atoms with Gasteiger partial charge in [-0.05, 0) is 23.9 Å². The standard InChI is InChI=1S/C11H16ClN3O2S/c1-7(2)3-5-13-10-9-8(14-11(12)15-10)4-6-18(9,16)17/h7H,3-6H2,1-2H3,(H,13,14,15). The van der Waals surface area contributed by atoms with E-state index in [0.717, 1.165) is 6.42 Å². The highest BCUT2D eigenvalue weighted by Crippen LogP contribution is 2.31. The second-order valence-electron chi connectivity index (χ2n) is 4.80. The van der Waals surface area contributed by atoms with Crippen molar-refractivity contribution in [2.24, 2.45) is 5.92 Å². The first-order valence-corrected chi connectivity index (χ1v) is 7.96. The zero-order chi connectivity index (χ0) is 13.3. The van der Waals surface area contributed by atoms with Crippen molar-refractivity contribution in [3.8, 4) is 0 Å². The summed E-state index contributed by atoms with van der Waals surface area (Å²) in [6.45, 7) is 4.89. The summed E-state index contributed by atoms with van der Waals surface area (Å²) in [5.41, 5.74) is 0.530. The van der Waals surface area contributed by atoms with Crippen LogP contribution < -0.4 is 5.32 Å². The molecule has 0 saturated heterocycles. The minimum atomic E-state index is -3.25. The highest BCUT2D eigenvalue weighted by Gasteiger charge is 2.32. The summed E-state index contributed by atoms with van der Waals surface area (Å²) < 4.78 is 23.8. The summed E-state index contributed by atoms with van der Waals surface area (Å²) in [6, 6.07) is 0. The van der Waals surface area contributed by atoms with E-state index in [9.17, 15) is 8.42 Å². The minimum Gasteiger partial charge on any atom is -0.369 e. The Kier molecular flexibility index (Phi) is 3.77. The van der Waals surface area contributed by atoms with Gasteiger partial charge in [-0.15, -0.1) is 0 Å². The molecule has 0 aromatic carbocycles. The second kappa shape index (κ2) is 5.01. The van der Waals surface area contributed by atoms with Gasteiger partial charge in [-0.3, -0.25) is 0 Å². The molecule has 2 rings (SSSR count). The Labute approximate surface area is 112 Å². The van der Waals surface area contributed by atoms with Gasteiger partial charge in [0.15, 0.2) is 9.84 Å². The average molecular weight is 290 g/mol. The molecule has 100 valence electrons. The number of fused-ring (bicyclic) bond motifs is 1. The maximum Gasteiger partial charge on any atom is 0.224 e. The van der Waals surface area contributed by atoms with E-state index in [4.69, 9.17) is 11.6 Å². The number of nitrogens with one attached hydrogen (secondary N) is 1. The highest BCUT2D eigenvalue weighted by atomic mass is 35.5. The molecule has 0 aliphatic carbocycles. The number of halogens is 1. The molecule has 1 aromatic heterocycles. The molecule has 1 N–H and O–H groups in total. The highest BCUT2D eigenvalue weighted by molar-refractivity contribution is 7.91. The molecule has 0 amide bonds. The fourth-order valence-electron chi connectivity index (χ4n) is 1.90. The van der Waals surface area contributed by atoms with Gasteiger partial charge in [-0.1, -0.05) is 13.8 Å². The summed E-state index contributed by atoms with van der Waals surface area (Å²) >= 11 is 5.81. The molecular weight excluding hydrogens is 274 g/mol. The Hall–Kier alpha value is -0.880. The van der Waals surface area contributed by atoms with E-state index in [0.29, 0.717) is 30.4 Å². The van der Waals surface area contributed by atoms with Crippen LogP contribution in [-0.2, 0) is 16.3 Å². The fourth-order valence-corrected chi connectivity index (χ4v) is 3.67. The van der Waals surface area contributed by atoms with Crippen LogP contribution in [0.3, 0.4) is 0 Å². The van der Waals surface area contributed by atoms with E-state index in [1.165, 1.54) is 0 Å². The number of aromatic nitrogens is 2. The van der Waals surface area contributed by atoms with Crippen LogP contribution in [0.15, 0.2) is 4.90 Å². The van der Waals surface area contributed by atoms with E-state index in [-0.39, 0.29) is 15.9 Å². The Morgan fingerprint density at radius 1 is 1.39 bits per heavy atom. The summed E-state index contributed by atoms with van der Waals surface area (Å²) in [5, 5.41) is 3.15. The normalized spacial score (nSPS) is 16.9. The number of rotatable bonds is 4. The molecule has 1 aliphatic heterocycles. The topological polar surface area (TPSA) is 72.0 Å². The summed E-state index contributed by atoms with van der Waals surface area (Å²) in [5.74, 6) is 0.985. The molecule has 18 heavy (non-hydrogen) atoms. The van der Waals surface area contributed by atoms with Gasteiger partial charge >= 0.3 is 0 Å². The molecule has 5 nitrogen and oxygen atoms in total. The van der Waals surface area contributed by atoms with E-state index >= 15 is 0 Å². The van der Waals surface area contributed by atoms with Gasteiger partial charge in [0.05, 0.1) is 11.4 Å². The Morgan fingerprint density at radius 2 is 2.11 bits per heavy atom. The van der Waals surface area contributed by atoms with Crippen molar-refractivity contribution in [1.82, 2.24) is 9.97 Å². The number of nitrogens with zero attached hydrogens (tertiary/aromatic N) is 2.